The Balaban J connectivity index is 3.96. The molecule has 0 fully saturated rings. The number of hydrogen-bond acceptors (Lipinski definition) is 4. The van der Waals surface area contributed by atoms with Crippen LogP contribution in [0.15, 0.2) is 5.16 Å². The van der Waals surface area contributed by atoms with E-state index in [4.69, 9.17) is 10.9 Å². The fraction of sp³-hybridized carbons (Fsp3) is 0.750. The lowest BCUT2D eigenvalue weighted by Gasteiger charge is -2.20. The SMILES string of the molecule is CCN(C)C(=O)C(C)NCC(N)=NO. The molecular weight excluding hydrogens is 184 g/mol. The molecule has 0 saturated heterocycles. The molecule has 0 rings (SSSR count). The normalized spacial score (nSPS) is 13.8. The lowest BCUT2D eigenvalue weighted by molar-refractivity contribution is -0.131. The van der Waals surface area contributed by atoms with E-state index < -0.39 is 0 Å². The minimum absolute atomic E-state index is 0.0155. The highest BCUT2D eigenvalue weighted by atomic mass is 16.4. The van der Waals surface area contributed by atoms with Gasteiger partial charge in [-0.1, -0.05) is 5.16 Å². The topological polar surface area (TPSA) is 91.0 Å². The summed E-state index contributed by atoms with van der Waals surface area (Å²) in [7, 11) is 1.73. The van der Waals surface area contributed by atoms with Gasteiger partial charge in [0.05, 0.1) is 12.6 Å². The van der Waals surface area contributed by atoms with E-state index in [1.807, 2.05) is 6.92 Å². The summed E-state index contributed by atoms with van der Waals surface area (Å²) >= 11 is 0. The summed E-state index contributed by atoms with van der Waals surface area (Å²) in [6.45, 7) is 4.49. The van der Waals surface area contributed by atoms with Crippen molar-refractivity contribution in [3.05, 3.63) is 0 Å². The average molecular weight is 202 g/mol. The third kappa shape index (κ3) is 4.08. The number of amidine groups is 1. The second kappa shape index (κ2) is 6.20. The summed E-state index contributed by atoms with van der Waals surface area (Å²) in [6.07, 6.45) is 0. The largest absolute Gasteiger partial charge is 0.409 e. The van der Waals surface area contributed by atoms with E-state index in [-0.39, 0.29) is 24.3 Å². The molecule has 1 unspecified atom stereocenters. The molecule has 1 amide bonds. The van der Waals surface area contributed by atoms with Crippen molar-refractivity contribution >= 4 is 11.7 Å². The lowest BCUT2D eigenvalue weighted by atomic mass is 10.3. The first-order valence-electron chi connectivity index (χ1n) is 4.47. The zero-order valence-electron chi connectivity index (χ0n) is 8.82. The van der Waals surface area contributed by atoms with Crippen molar-refractivity contribution in [1.82, 2.24) is 10.2 Å². The number of likely N-dealkylation sites (N-methyl/N-ethyl adjacent to an activating group) is 1. The van der Waals surface area contributed by atoms with Gasteiger partial charge in [0.15, 0.2) is 5.84 Å². The summed E-state index contributed by atoms with van der Waals surface area (Å²) in [6, 6.07) is -0.333. The number of carbonyl (C=O) groups is 1. The molecule has 0 aromatic carbocycles. The van der Waals surface area contributed by atoms with Crippen molar-refractivity contribution in [2.24, 2.45) is 10.9 Å². The van der Waals surface area contributed by atoms with E-state index in [9.17, 15) is 4.79 Å². The van der Waals surface area contributed by atoms with E-state index >= 15 is 0 Å². The maximum atomic E-state index is 11.5. The number of nitrogens with one attached hydrogen (secondary N) is 1. The molecule has 14 heavy (non-hydrogen) atoms. The van der Waals surface area contributed by atoms with Crippen LogP contribution in [0.4, 0.5) is 0 Å². The predicted octanol–water partition coefficient (Wildman–Crippen LogP) is -0.811. The lowest BCUT2D eigenvalue weighted by Crippen LogP contribution is -2.45. The zero-order chi connectivity index (χ0) is 11.1. The number of hydrogen-bond donors (Lipinski definition) is 3. The van der Waals surface area contributed by atoms with E-state index in [0.29, 0.717) is 6.54 Å². The van der Waals surface area contributed by atoms with Gasteiger partial charge < -0.3 is 15.8 Å². The Morgan fingerprint density at radius 1 is 1.71 bits per heavy atom. The second-order valence-electron chi connectivity index (χ2n) is 3.05. The molecule has 6 nitrogen and oxygen atoms in total. The molecule has 0 aromatic heterocycles. The van der Waals surface area contributed by atoms with Gasteiger partial charge in [-0.25, -0.2) is 0 Å². The summed E-state index contributed by atoms with van der Waals surface area (Å²) in [5.74, 6) is 0.0436. The van der Waals surface area contributed by atoms with Crippen LogP contribution in [0.1, 0.15) is 13.8 Å². The van der Waals surface area contributed by atoms with Crippen molar-refractivity contribution in [3.8, 4) is 0 Å². The monoisotopic (exact) mass is 202 g/mol. The van der Waals surface area contributed by atoms with Crippen LogP contribution in [0, 0.1) is 0 Å². The molecule has 4 N–H and O–H groups in total. The molecule has 0 saturated carbocycles. The smallest absolute Gasteiger partial charge is 0.239 e. The Morgan fingerprint density at radius 2 is 2.29 bits per heavy atom. The first-order valence-corrected chi connectivity index (χ1v) is 4.47. The molecule has 0 aliphatic heterocycles. The molecule has 1 atom stereocenters. The number of carbonyl (C=O) groups excluding carboxylic acids is 1. The van der Waals surface area contributed by atoms with E-state index in [0.717, 1.165) is 0 Å². The van der Waals surface area contributed by atoms with Crippen LogP contribution < -0.4 is 11.1 Å². The second-order valence-corrected chi connectivity index (χ2v) is 3.05. The maximum Gasteiger partial charge on any atom is 0.239 e. The molecule has 0 spiro atoms. The first kappa shape index (κ1) is 12.7. The highest BCUT2D eigenvalue weighted by Crippen LogP contribution is 1.90. The minimum atomic E-state index is -0.333. The van der Waals surface area contributed by atoms with Crippen molar-refractivity contribution in [2.75, 3.05) is 20.1 Å². The van der Waals surface area contributed by atoms with Crippen LogP contribution in [0.2, 0.25) is 0 Å². The van der Waals surface area contributed by atoms with Crippen LogP contribution in [0.25, 0.3) is 0 Å². The summed E-state index contributed by atoms with van der Waals surface area (Å²) < 4.78 is 0. The minimum Gasteiger partial charge on any atom is -0.409 e. The van der Waals surface area contributed by atoms with E-state index in [1.54, 1.807) is 18.9 Å². The fourth-order valence-corrected chi connectivity index (χ4v) is 0.867. The van der Waals surface area contributed by atoms with Crippen molar-refractivity contribution < 1.29 is 10.0 Å². The van der Waals surface area contributed by atoms with E-state index in [1.165, 1.54) is 0 Å². The Labute approximate surface area is 83.7 Å². The standard InChI is InChI=1S/C8H18N4O2/c1-4-12(3)8(13)6(2)10-5-7(9)11-14/h6,10,14H,4-5H2,1-3H3,(H2,9,11). The van der Waals surface area contributed by atoms with Gasteiger partial charge in [-0.3, -0.25) is 10.1 Å². The molecule has 6 heteroatoms. The van der Waals surface area contributed by atoms with Crippen LogP contribution >= 0.6 is 0 Å². The van der Waals surface area contributed by atoms with Crippen molar-refractivity contribution in [1.29, 1.82) is 0 Å². The van der Waals surface area contributed by atoms with Gasteiger partial charge in [-0.05, 0) is 13.8 Å². The fourth-order valence-electron chi connectivity index (χ4n) is 0.867. The average Bonchev–Trinajstić information content (AvgIpc) is 2.22. The quantitative estimate of drug-likeness (QED) is 0.235. The Hall–Kier alpha value is -1.30. The Kier molecular flexibility index (Phi) is 5.62. The summed E-state index contributed by atoms with van der Waals surface area (Å²) in [5, 5.41) is 13.9. The van der Waals surface area contributed by atoms with Crippen LogP contribution in [-0.4, -0.2) is 48.0 Å². The number of rotatable bonds is 5. The van der Waals surface area contributed by atoms with Crippen molar-refractivity contribution in [2.45, 2.75) is 19.9 Å². The zero-order valence-corrected chi connectivity index (χ0v) is 8.82. The van der Waals surface area contributed by atoms with Gasteiger partial charge in [0, 0.05) is 13.6 Å². The molecule has 0 aliphatic rings. The van der Waals surface area contributed by atoms with Gasteiger partial charge in [0.2, 0.25) is 5.91 Å². The number of amides is 1. The van der Waals surface area contributed by atoms with Gasteiger partial charge in [0.25, 0.3) is 0 Å². The van der Waals surface area contributed by atoms with Crippen LogP contribution in [0.3, 0.4) is 0 Å². The molecule has 0 bridgehead atoms. The van der Waals surface area contributed by atoms with Gasteiger partial charge in [0.1, 0.15) is 0 Å². The Bertz CT molecular complexity index is 217. The molecule has 82 valence electrons. The number of nitrogens with zero attached hydrogens (tertiary/aromatic N) is 2. The Morgan fingerprint density at radius 3 is 2.71 bits per heavy atom. The van der Waals surface area contributed by atoms with Crippen LogP contribution in [-0.2, 0) is 4.79 Å². The third-order valence-electron chi connectivity index (χ3n) is 1.94. The molecule has 0 aliphatic carbocycles. The van der Waals surface area contributed by atoms with Gasteiger partial charge >= 0.3 is 0 Å². The predicted molar refractivity (Wildman–Crippen MR) is 54.2 cm³/mol. The summed E-state index contributed by atoms with van der Waals surface area (Å²) in [5.41, 5.74) is 5.24. The molecule has 0 aromatic rings. The molecule has 0 heterocycles. The van der Waals surface area contributed by atoms with Gasteiger partial charge in [-0.15, -0.1) is 0 Å². The number of nitrogens with two attached hydrogens (primary N) is 1. The summed E-state index contributed by atoms with van der Waals surface area (Å²) in [4.78, 5) is 13.1. The number of oxime groups is 1. The third-order valence-corrected chi connectivity index (χ3v) is 1.94. The molecule has 0 radical (unpaired) electrons. The maximum absolute atomic E-state index is 11.5. The van der Waals surface area contributed by atoms with Crippen molar-refractivity contribution in [3.63, 3.8) is 0 Å². The first-order chi connectivity index (χ1) is 6.52. The van der Waals surface area contributed by atoms with Gasteiger partial charge in [-0.2, -0.15) is 0 Å². The molecular formula is C8H18N4O2. The highest BCUT2D eigenvalue weighted by Gasteiger charge is 2.15. The highest BCUT2D eigenvalue weighted by molar-refractivity contribution is 5.84. The van der Waals surface area contributed by atoms with Crippen LogP contribution in [0.5, 0.6) is 0 Å². The van der Waals surface area contributed by atoms with E-state index in [2.05, 4.69) is 10.5 Å².